The van der Waals surface area contributed by atoms with Gasteiger partial charge in [0.2, 0.25) is 0 Å². The summed E-state index contributed by atoms with van der Waals surface area (Å²) in [5.41, 5.74) is 0. The standard InChI is InChI=1S/C9H18O3.Sn/c1-3-5-7-11-9(10)12-8-6-4-2;/h3-8H2,1-2H3;. The Labute approximate surface area is 97.1 Å². The Morgan fingerprint density at radius 2 is 1.38 bits per heavy atom. The van der Waals surface area contributed by atoms with Gasteiger partial charge < -0.3 is 9.47 Å². The van der Waals surface area contributed by atoms with E-state index in [2.05, 4.69) is 0 Å². The minimum atomic E-state index is -0.531. The molecule has 0 amide bonds. The van der Waals surface area contributed by atoms with Gasteiger partial charge in [-0.25, -0.2) is 4.79 Å². The van der Waals surface area contributed by atoms with Gasteiger partial charge in [0.1, 0.15) is 0 Å². The molecule has 76 valence electrons. The molecule has 0 aliphatic heterocycles. The van der Waals surface area contributed by atoms with Gasteiger partial charge in [-0.3, -0.25) is 0 Å². The third-order valence-electron chi connectivity index (χ3n) is 1.44. The molecule has 0 N–H and O–H groups in total. The van der Waals surface area contributed by atoms with E-state index >= 15 is 0 Å². The second kappa shape index (κ2) is 12.1. The summed E-state index contributed by atoms with van der Waals surface area (Å²) in [6, 6.07) is 0. The summed E-state index contributed by atoms with van der Waals surface area (Å²) in [6.07, 6.45) is 3.34. The summed E-state index contributed by atoms with van der Waals surface area (Å²) in [5.74, 6) is 0. The van der Waals surface area contributed by atoms with E-state index in [1.54, 1.807) is 0 Å². The van der Waals surface area contributed by atoms with Crippen LogP contribution >= 0.6 is 0 Å². The zero-order valence-electron chi connectivity index (χ0n) is 8.47. The van der Waals surface area contributed by atoms with Crippen LogP contribution < -0.4 is 0 Å². The average molecular weight is 293 g/mol. The summed E-state index contributed by atoms with van der Waals surface area (Å²) in [7, 11) is 0. The molecule has 0 aliphatic carbocycles. The zero-order valence-corrected chi connectivity index (χ0v) is 11.3. The fourth-order valence-corrected chi connectivity index (χ4v) is 0.641. The Kier molecular flexibility index (Phi) is 14.4. The number of rotatable bonds is 6. The van der Waals surface area contributed by atoms with E-state index in [0.717, 1.165) is 25.7 Å². The molecule has 0 spiro atoms. The van der Waals surface area contributed by atoms with Crippen LogP contribution in [0, 0.1) is 0 Å². The second-order valence-electron chi connectivity index (χ2n) is 2.65. The molecule has 3 nitrogen and oxygen atoms in total. The summed E-state index contributed by atoms with van der Waals surface area (Å²) < 4.78 is 9.54. The summed E-state index contributed by atoms with van der Waals surface area (Å²) in [4.78, 5) is 10.7. The van der Waals surface area contributed by atoms with Gasteiger partial charge in [0, 0.05) is 23.9 Å². The van der Waals surface area contributed by atoms with Gasteiger partial charge >= 0.3 is 6.16 Å². The molecule has 0 unspecified atom stereocenters. The predicted molar refractivity (Wildman–Crippen MR) is 52.9 cm³/mol. The van der Waals surface area contributed by atoms with E-state index in [9.17, 15) is 4.79 Å². The summed E-state index contributed by atoms with van der Waals surface area (Å²) >= 11 is 0. The van der Waals surface area contributed by atoms with Gasteiger partial charge in [-0.05, 0) is 12.8 Å². The molecule has 0 saturated carbocycles. The SMILES string of the molecule is CCCCOC(=O)OCCCC.[Sn]. The molecular formula is C9H18O3Sn. The van der Waals surface area contributed by atoms with Crippen LogP contribution in [0.15, 0.2) is 0 Å². The van der Waals surface area contributed by atoms with Crippen molar-refractivity contribution in [2.75, 3.05) is 13.2 Å². The molecule has 0 saturated heterocycles. The quantitative estimate of drug-likeness (QED) is 0.428. The topological polar surface area (TPSA) is 35.5 Å². The van der Waals surface area contributed by atoms with Crippen LogP contribution in [0.4, 0.5) is 4.79 Å². The monoisotopic (exact) mass is 294 g/mol. The van der Waals surface area contributed by atoms with Crippen molar-refractivity contribution in [3.05, 3.63) is 0 Å². The average Bonchev–Trinajstić information content (AvgIpc) is 2.06. The number of unbranched alkanes of at least 4 members (excludes halogenated alkanes) is 2. The molecule has 13 heavy (non-hydrogen) atoms. The smallest absolute Gasteiger partial charge is 0.434 e. The predicted octanol–water partition coefficient (Wildman–Crippen LogP) is 2.36. The molecule has 4 radical (unpaired) electrons. The summed E-state index contributed by atoms with van der Waals surface area (Å²) in [6.45, 7) is 5.04. The molecule has 0 aromatic rings. The number of ether oxygens (including phenoxy) is 2. The van der Waals surface area contributed by atoms with Crippen molar-refractivity contribution in [1.82, 2.24) is 0 Å². The van der Waals surface area contributed by atoms with Gasteiger partial charge in [0.15, 0.2) is 0 Å². The van der Waals surface area contributed by atoms with Crippen LogP contribution in [0.5, 0.6) is 0 Å². The largest absolute Gasteiger partial charge is 0.508 e. The number of hydrogen-bond donors (Lipinski definition) is 0. The van der Waals surface area contributed by atoms with E-state index in [4.69, 9.17) is 9.47 Å². The number of carbonyl (C=O) groups excluding carboxylic acids is 1. The first-order valence-electron chi connectivity index (χ1n) is 4.60. The third-order valence-corrected chi connectivity index (χ3v) is 1.44. The van der Waals surface area contributed by atoms with E-state index < -0.39 is 6.16 Å². The minimum absolute atomic E-state index is 0. The van der Waals surface area contributed by atoms with Crippen molar-refractivity contribution in [2.24, 2.45) is 0 Å². The fourth-order valence-electron chi connectivity index (χ4n) is 0.641. The minimum Gasteiger partial charge on any atom is -0.434 e. The van der Waals surface area contributed by atoms with Gasteiger partial charge in [-0.1, -0.05) is 26.7 Å². The van der Waals surface area contributed by atoms with Crippen LogP contribution in [0.2, 0.25) is 0 Å². The van der Waals surface area contributed by atoms with Crippen molar-refractivity contribution < 1.29 is 14.3 Å². The van der Waals surface area contributed by atoms with Crippen LogP contribution in [0.25, 0.3) is 0 Å². The summed E-state index contributed by atoms with van der Waals surface area (Å²) in [5, 5.41) is 0. The van der Waals surface area contributed by atoms with Crippen LogP contribution in [0.3, 0.4) is 0 Å². The molecule has 0 rings (SSSR count). The van der Waals surface area contributed by atoms with Crippen LogP contribution in [-0.4, -0.2) is 43.3 Å². The first-order chi connectivity index (χ1) is 5.81. The van der Waals surface area contributed by atoms with Gasteiger partial charge in [-0.15, -0.1) is 0 Å². The van der Waals surface area contributed by atoms with Gasteiger partial charge in [0.05, 0.1) is 13.2 Å². The maximum absolute atomic E-state index is 10.7. The Balaban J connectivity index is 0. The first-order valence-corrected chi connectivity index (χ1v) is 4.60. The van der Waals surface area contributed by atoms with E-state index in [0.29, 0.717) is 13.2 Å². The molecule has 0 aromatic carbocycles. The first kappa shape index (κ1) is 15.5. The molecule has 0 atom stereocenters. The Morgan fingerprint density at radius 1 is 1.00 bits per heavy atom. The van der Waals surface area contributed by atoms with Crippen LogP contribution in [0.1, 0.15) is 39.5 Å². The molecule has 0 bridgehead atoms. The van der Waals surface area contributed by atoms with Crippen molar-refractivity contribution in [3.63, 3.8) is 0 Å². The molecule has 4 heteroatoms. The molecule has 0 aromatic heterocycles. The Morgan fingerprint density at radius 3 is 1.69 bits per heavy atom. The molecular weight excluding hydrogens is 275 g/mol. The normalized spacial score (nSPS) is 8.77. The van der Waals surface area contributed by atoms with Crippen molar-refractivity contribution >= 4 is 30.1 Å². The Bertz CT molecular complexity index is 105. The molecule has 0 fully saturated rings. The maximum Gasteiger partial charge on any atom is 0.508 e. The van der Waals surface area contributed by atoms with Crippen molar-refractivity contribution in [2.45, 2.75) is 39.5 Å². The van der Waals surface area contributed by atoms with Crippen molar-refractivity contribution in [1.29, 1.82) is 0 Å². The third kappa shape index (κ3) is 12.1. The zero-order chi connectivity index (χ0) is 9.23. The van der Waals surface area contributed by atoms with Crippen molar-refractivity contribution in [3.8, 4) is 0 Å². The van der Waals surface area contributed by atoms with Crippen LogP contribution in [-0.2, 0) is 9.47 Å². The van der Waals surface area contributed by atoms with E-state index in [1.165, 1.54) is 0 Å². The van der Waals surface area contributed by atoms with Gasteiger partial charge in [0.25, 0.3) is 0 Å². The Hall–Kier alpha value is 0.0687. The second-order valence-corrected chi connectivity index (χ2v) is 2.65. The molecule has 0 heterocycles. The van der Waals surface area contributed by atoms with E-state index in [-0.39, 0.29) is 23.9 Å². The van der Waals surface area contributed by atoms with Gasteiger partial charge in [-0.2, -0.15) is 0 Å². The molecule has 0 aliphatic rings. The van der Waals surface area contributed by atoms with E-state index in [1.807, 2.05) is 13.8 Å². The number of carbonyl (C=O) groups is 1. The maximum atomic E-state index is 10.7. The fraction of sp³-hybridized carbons (Fsp3) is 0.889. The number of hydrogen-bond acceptors (Lipinski definition) is 3.